The Balaban J connectivity index is 0. The summed E-state index contributed by atoms with van der Waals surface area (Å²) in [5.74, 6) is 0. The van der Waals surface area contributed by atoms with Crippen LogP contribution in [-0.2, 0) is 6.54 Å². The van der Waals surface area contributed by atoms with Gasteiger partial charge < -0.3 is 10.6 Å². The Kier molecular flexibility index (Phi) is 17.1. The van der Waals surface area contributed by atoms with E-state index in [0.29, 0.717) is 6.54 Å². The Morgan fingerprint density at radius 3 is 1.90 bits per heavy atom. The molecule has 0 spiro atoms. The van der Waals surface area contributed by atoms with E-state index in [4.69, 9.17) is 5.73 Å². The van der Waals surface area contributed by atoms with Crippen LogP contribution in [0.5, 0.6) is 0 Å². The smallest absolute Gasteiger partial charge is 0.0230 e. The molecule has 0 aromatic heterocycles. The Hall–Kier alpha value is -0.550. The number of nitrogens with two attached hydrogens (primary N) is 1. The van der Waals surface area contributed by atoms with Crippen molar-refractivity contribution in [2.75, 3.05) is 33.7 Å². The molecular weight excluding hydrogens is 278 g/mol. The summed E-state index contributed by atoms with van der Waals surface area (Å²) in [6.07, 6.45) is 0. The highest BCUT2D eigenvalue weighted by Gasteiger charge is 2.03. The maximum Gasteiger partial charge on any atom is 0.0230 e. The first-order chi connectivity index (χ1) is 10.2. The highest BCUT2D eigenvalue weighted by atomic mass is 32.2. The predicted octanol–water partition coefficient (Wildman–Crippen LogP) is 4.09. The molecular formula is C17H35N3S. The number of nitrogens with zero attached hydrogens (tertiary/aromatic N) is 2. The molecule has 1 rings (SSSR count). The van der Waals surface area contributed by atoms with Crippen LogP contribution in [0.2, 0.25) is 0 Å². The minimum atomic E-state index is 0.613. The topological polar surface area (TPSA) is 32.5 Å². The lowest BCUT2D eigenvalue weighted by atomic mass is 10.2. The van der Waals surface area contributed by atoms with Gasteiger partial charge in [0.25, 0.3) is 0 Å². The van der Waals surface area contributed by atoms with Gasteiger partial charge in [-0.1, -0.05) is 46.8 Å². The van der Waals surface area contributed by atoms with Crippen molar-refractivity contribution in [1.29, 1.82) is 0 Å². The molecule has 124 valence electrons. The summed E-state index contributed by atoms with van der Waals surface area (Å²) < 4.78 is 2.27. The van der Waals surface area contributed by atoms with Crippen LogP contribution in [0.3, 0.4) is 0 Å². The van der Waals surface area contributed by atoms with Crippen molar-refractivity contribution in [1.82, 2.24) is 9.21 Å². The summed E-state index contributed by atoms with van der Waals surface area (Å²) in [5, 5.41) is 0. The molecule has 0 saturated heterocycles. The summed E-state index contributed by atoms with van der Waals surface area (Å²) in [7, 11) is 4.28. The largest absolute Gasteiger partial charge is 0.326 e. The van der Waals surface area contributed by atoms with E-state index in [2.05, 4.69) is 54.5 Å². The van der Waals surface area contributed by atoms with Crippen molar-refractivity contribution in [3.63, 3.8) is 0 Å². The second kappa shape index (κ2) is 15.8. The molecule has 0 amide bonds. The van der Waals surface area contributed by atoms with Crippen molar-refractivity contribution in [3.05, 3.63) is 29.8 Å². The van der Waals surface area contributed by atoms with E-state index < -0.39 is 0 Å². The second-order valence-electron chi connectivity index (χ2n) is 4.19. The summed E-state index contributed by atoms with van der Waals surface area (Å²) in [6, 6.07) is 8.45. The normalized spacial score (nSPS) is 9.81. The molecule has 21 heavy (non-hydrogen) atoms. The maximum absolute atomic E-state index is 5.57. The Morgan fingerprint density at radius 2 is 1.48 bits per heavy atom. The molecule has 1 aromatic carbocycles. The van der Waals surface area contributed by atoms with Crippen LogP contribution in [0.15, 0.2) is 29.2 Å². The molecule has 0 unspecified atom stereocenters. The van der Waals surface area contributed by atoms with Gasteiger partial charge in [0.2, 0.25) is 0 Å². The molecule has 0 heterocycles. The van der Waals surface area contributed by atoms with Gasteiger partial charge >= 0.3 is 0 Å². The highest BCUT2D eigenvalue weighted by Crippen LogP contribution is 2.21. The quantitative estimate of drug-likeness (QED) is 0.769. The maximum atomic E-state index is 5.57. The first-order valence-corrected chi connectivity index (χ1v) is 8.79. The molecule has 2 N–H and O–H groups in total. The van der Waals surface area contributed by atoms with Crippen LogP contribution < -0.4 is 5.73 Å². The van der Waals surface area contributed by atoms with E-state index in [9.17, 15) is 0 Å². The predicted molar refractivity (Wildman–Crippen MR) is 98.7 cm³/mol. The molecule has 0 atom stereocenters. The zero-order valence-electron chi connectivity index (χ0n) is 15.0. The molecule has 0 aliphatic carbocycles. The minimum absolute atomic E-state index is 0.613. The number of likely N-dealkylation sites (N-methyl/N-ethyl adjacent to an activating group) is 2. The van der Waals surface area contributed by atoms with E-state index in [0.717, 1.165) is 19.6 Å². The highest BCUT2D eigenvalue weighted by molar-refractivity contribution is 7.97. The molecule has 0 radical (unpaired) electrons. The average molecular weight is 314 g/mol. The first-order valence-electron chi connectivity index (χ1n) is 8.02. The number of rotatable bonds is 7. The van der Waals surface area contributed by atoms with Gasteiger partial charge in [-0.05, 0) is 50.3 Å². The van der Waals surface area contributed by atoms with Gasteiger partial charge in [0, 0.05) is 24.5 Å². The van der Waals surface area contributed by atoms with Crippen LogP contribution in [-0.4, -0.2) is 42.9 Å². The van der Waals surface area contributed by atoms with Crippen LogP contribution in [0, 0.1) is 0 Å². The zero-order chi connectivity index (χ0) is 16.7. The minimum Gasteiger partial charge on any atom is -0.326 e. The molecule has 4 heteroatoms. The van der Waals surface area contributed by atoms with E-state index in [1.165, 1.54) is 10.5 Å². The van der Waals surface area contributed by atoms with E-state index in [-0.39, 0.29) is 0 Å². The fourth-order valence-corrected chi connectivity index (χ4v) is 2.17. The lowest BCUT2D eigenvalue weighted by molar-refractivity contribution is 0.329. The van der Waals surface area contributed by atoms with Crippen LogP contribution >= 0.6 is 11.9 Å². The summed E-state index contributed by atoms with van der Waals surface area (Å²) >= 11 is 1.78. The lowest BCUT2D eigenvalue weighted by Gasteiger charge is -2.20. The van der Waals surface area contributed by atoms with Crippen molar-refractivity contribution in [2.24, 2.45) is 5.73 Å². The van der Waals surface area contributed by atoms with E-state index >= 15 is 0 Å². The third kappa shape index (κ3) is 11.8. The summed E-state index contributed by atoms with van der Waals surface area (Å²) in [6.45, 7) is 14.1. The van der Waals surface area contributed by atoms with Gasteiger partial charge in [0.15, 0.2) is 0 Å². The Bertz CT molecular complexity index is 314. The monoisotopic (exact) mass is 313 g/mol. The Labute approximate surface area is 137 Å². The molecule has 1 aromatic rings. The summed E-state index contributed by atoms with van der Waals surface area (Å²) in [4.78, 5) is 3.58. The molecule has 0 aliphatic heterocycles. The number of benzene rings is 1. The van der Waals surface area contributed by atoms with Crippen LogP contribution in [0.1, 0.15) is 40.2 Å². The van der Waals surface area contributed by atoms with Gasteiger partial charge in [-0.2, -0.15) is 0 Å². The van der Waals surface area contributed by atoms with Gasteiger partial charge in [0.05, 0.1) is 0 Å². The van der Waals surface area contributed by atoms with Gasteiger partial charge in [-0.25, -0.2) is 4.31 Å². The van der Waals surface area contributed by atoms with Crippen molar-refractivity contribution in [3.8, 4) is 0 Å². The molecule has 0 bridgehead atoms. The van der Waals surface area contributed by atoms with E-state index in [1.807, 2.05) is 27.7 Å². The second-order valence-corrected chi connectivity index (χ2v) is 5.46. The average Bonchev–Trinajstić information content (AvgIpc) is 2.57. The Morgan fingerprint density at radius 1 is 0.952 bits per heavy atom. The zero-order valence-corrected chi connectivity index (χ0v) is 15.8. The molecule has 0 fully saturated rings. The molecule has 0 aliphatic rings. The standard InChI is InChI=1S/C13H23N3S.2C2H6/c1-4-15(2)9-10-16(3)17-13-7-5-12(11-14)6-8-13;2*1-2/h5-8H,4,9-11,14H2,1-3H3;2*1-2H3. The lowest BCUT2D eigenvalue weighted by Crippen LogP contribution is -2.27. The van der Waals surface area contributed by atoms with Gasteiger partial charge in [-0.3, -0.25) is 0 Å². The SMILES string of the molecule is CC.CC.CCN(C)CCN(C)Sc1ccc(CN)cc1. The van der Waals surface area contributed by atoms with Crippen molar-refractivity contribution in [2.45, 2.75) is 46.1 Å². The molecule has 3 nitrogen and oxygen atoms in total. The van der Waals surface area contributed by atoms with Crippen molar-refractivity contribution >= 4 is 11.9 Å². The van der Waals surface area contributed by atoms with Gasteiger partial charge in [-0.15, -0.1) is 0 Å². The fraction of sp³-hybridized carbons (Fsp3) is 0.647. The summed E-state index contributed by atoms with van der Waals surface area (Å²) in [5.41, 5.74) is 6.76. The number of hydrogen-bond acceptors (Lipinski definition) is 4. The third-order valence-corrected chi connectivity index (χ3v) is 3.73. The molecule has 0 saturated carbocycles. The van der Waals surface area contributed by atoms with Gasteiger partial charge in [0.1, 0.15) is 0 Å². The van der Waals surface area contributed by atoms with Crippen LogP contribution in [0.4, 0.5) is 0 Å². The number of hydrogen-bond donors (Lipinski definition) is 1. The van der Waals surface area contributed by atoms with Crippen LogP contribution in [0.25, 0.3) is 0 Å². The first kappa shape index (κ1) is 22.7. The van der Waals surface area contributed by atoms with Crippen molar-refractivity contribution < 1.29 is 0 Å². The third-order valence-electron chi connectivity index (χ3n) is 2.76. The van der Waals surface area contributed by atoms with E-state index in [1.54, 1.807) is 11.9 Å². The fourth-order valence-electron chi connectivity index (χ4n) is 1.38.